The summed E-state index contributed by atoms with van der Waals surface area (Å²) in [6.45, 7) is 2.41. The number of benzene rings is 1. The summed E-state index contributed by atoms with van der Waals surface area (Å²) in [5, 5.41) is 6.60. The number of aryl methyl sites for hydroxylation is 1. The van der Waals surface area contributed by atoms with Crippen LogP contribution in [0.25, 0.3) is 22.4 Å². The first-order valence-corrected chi connectivity index (χ1v) is 8.80. The van der Waals surface area contributed by atoms with Gasteiger partial charge in [-0.2, -0.15) is 0 Å². The van der Waals surface area contributed by atoms with Gasteiger partial charge in [0.1, 0.15) is 22.0 Å². The largest absolute Gasteiger partial charge is 0.467 e. The molecule has 1 aromatic carbocycles. The Hall–Kier alpha value is -2.86. The number of hydrogen-bond acceptors (Lipinski definition) is 5. The van der Waals surface area contributed by atoms with Crippen LogP contribution in [0.3, 0.4) is 0 Å². The average molecular weight is 352 g/mol. The second-order valence-electron chi connectivity index (χ2n) is 5.71. The number of carbonyl (C=O) groups is 1. The molecule has 6 heteroatoms. The lowest BCUT2D eigenvalue weighted by atomic mass is 10.1. The van der Waals surface area contributed by atoms with Crippen LogP contribution in [0.15, 0.2) is 56.9 Å². The Morgan fingerprint density at radius 2 is 2.12 bits per heavy atom. The summed E-state index contributed by atoms with van der Waals surface area (Å²) in [5.41, 5.74) is 2.68. The number of fused-ring (bicyclic) bond motifs is 1. The molecule has 0 aliphatic rings. The highest BCUT2D eigenvalue weighted by atomic mass is 32.1. The number of carbonyl (C=O) groups excluding carboxylic acids is 1. The van der Waals surface area contributed by atoms with E-state index >= 15 is 0 Å². The van der Waals surface area contributed by atoms with Crippen molar-refractivity contribution in [2.75, 3.05) is 0 Å². The Kier molecular flexibility index (Phi) is 4.11. The fourth-order valence-corrected chi connectivity index (χ4v) is 3.49. The van der Waals surface area contributed by atoms with Crippen molar-refractivity contribution in [3.63, 3.8) is 0 Å². The molecule has 126 valence electrons. The van der Waals surface area contributed by atoms with Gasteiger partial charge in [0.25, 0.3) is 0 Å². The van der Waals surface area contributed by atoms with Gasteiger partial charge in [-0.05, 0) is 25.1 Å². The highest BCUT2D eigenvalue weighted by Gasteiger charge is 2.16. The zero-order valence-electron chi connectivity index (χ0n) is 13.6. The number of nitrogens with zero attached hydrogens (tertiary/aromatic N) is 1. The second-order valence-corrected chi connectivity index (χ2v) is 6.65. The van der Waals surface area contributed by atoms with Crippen LogP contribution in [-0.4, -0.2) is 10.9 Å². The van der Waals surface area contributed by atoms with Crippen molar-refractivity contribution in [3.05, 3.63) is 64.4 Å². The quantitative estimate of drug-likeness (QED) is 0.581. The van der Waals surface area contributed by atoms with Gasteiger partial charge in [-0.1, -0.05) is 18.2 Å². The van der Waals surface area contributed by atoms with Crippen LogP contribution in [0, 0.1) is 6.92 Å². The van der Waals surface area contributed by atoms with Crippen molar-refractivity contribution >= 4 is 28.2 Å². The molecule has 5 nitrogen and oxygen atoms in total. The van der Waals surface area contributed by atoms with E-state index in [0.29, 0.717) is 6.54 Å². The Morgan fingerprint density at radius 3 is 2.92 bits per heavy atom. The van der Waals surface area contributed by atoms with E-state index in [0.717, 1.165) is 38.8 Å². The van der Waals surface area contributed by atoms with Gasteiger partial charge in [0.2, 0.25) is 5.91 Å². The van der Waals surface area contributed by atoms with Crippen LogP contribution in [0.4, 0.5) is 0 Å². The van der Waals surface area contributed by atoms with E-state index in [2.05, 4.69) is 10.3 Å². The number of rotatable bonds is 5. The number of para-hydroxylation sites is 1. The van der Waals surface area contributed by atoms with Gasteiger partial charge in [0.05, 0.1) is 19.2 Å². The zero-order chi connectivity index (χ0) is 17.2. The molecule has 4 aromatic rings. The molecule has 3 heterocycles. The fourth-order valence-electron chi connectivity index (χ4n) is 2.71. The Bertz CT molecular complexity index is 1010. The van der Waals surface area contributed by atoms with Gasteiger partial charge in [0.15, 0.2) is 5.76 Å². The molecule has 0 saturated carbocycles. The summed E-state index contributed by atoms with van der Waals surface area (Å²) in [4.78, 5) is 16.6. The summed E-state index contributed by atoms with van der Waals surface area (Å²) < 4.78 is 11.1. The molecule has 0 bridgehead atoms. The van der Waals surface area contributed by atoms with E-state index in [-0.39, 0.29) is 12.3 Å². The summed E-state index contributed by atoms with van der Waals surface area (Å²) in [7, 11) is 0. The first-order valence-electron chi connectivity index (χ1n) is 7.92. The van der Waals surface area contributed by atoms with Crippen molar-refractivity contribution in [1.82, 2.24) is 10.3 Å². The number of nitrogens with one attached hydrogen (secondary N) is 1. The lowest BCUT2D eigenvalue weighted by molar-refractivity contribution is -0.120. The minimum Gasteiger partial charge on any atom is -0.467 e. The van der Waals surface area contributed by atoms with E-state index in [4.69, 9.17) is 8.83 Å². The lowest BCUT2D eigenvalue weighted by Crippen LogP contribution is -2.24. The van der Waals surface area contributed by atoms with Gasteiger partial charge >= 0.3 is 0 Å². The molecule has 0 radical (unpaired) electrons. The van der Waals surface area contributed by atoms with Crippen molar-refractivity contribution in [1.29, 1.82) is 0 Å². The summed E-state index contributed by atoms with van der Waals surface area (Å²) in [6.07, 6.45) is 1.83. The second kappa shape index (κ2) is 6.57. The highest BCUT2D eigenvalue weighted by Crippen LogP contribution is 2.33. The van der Waals surface area contributed by atoms with Crippen LogP contribution < -0.4 is 5.32 Å². The average Bonchev–Trinajstić information content (AvgIpc) is 3.34. The summed E-state index contributed by atoms with van der Waals surface area (Å²) in [6, 6.07) is 11.5. The van der Waals surface area contributed by atoms with Gasteiger partial charge in [0, 0.05) is 16.3 Å². The molecule has 25 heavy (non-hydrogen) atoms. The van der Waals surface area contributed by atoms with Crippen LogP contribution >= 0.6 is 11.3 Å². The number of thiazole rings is 1. The van der Waals surface area contributed by atoms with E-state index in [1.54, 1.807) is 12.3 Å². The predicted molar refractivity (Wildman–Crippen MR) is 96.3 cm³/mol. The van der Waals surface area contributed by atoms with Crippen molar-refractivity contribution in [3.8, 4) is 11.5 Å². The fraction of sp³-hybridized carbons (Fsp3) is 0.158. The Morgan fingerprint density at radius 1 is 1.24 bits per heavy atom. The van der Waals surface area contributed by atoms with E-state index in [1.165, 1.54) is 11.3 Å². The van der Waals surface area contributed by atoms with Crippen LogP contribution in [0.1, 0.15) is 16.3 Å². The zero-order valence-corrected chi connectivity index (χ0v) is 14.4. The lowest BCUT2D eigenvalue weighted by Gasteiger charge is -2.00. The molecule has 0 saturated heterocycles. The standard InChI is InChI=1S/C19H16N2O3S/c1-12-14-6-2-3-7-16(14)24-19(12)15-11-25-18(21-15)9-17(22)20-10-13-5-4-8-23-13/h2-8,11H,9-10H2,1H3,(H,20,22). The molecule has 0 spiro atoms. The van der Waals surface area contributed by atoms with Gasteiger partial charge in [-0.25, -0.2) is 4.98 Å². The molecular formula is C19H16N2O3S. The molecule has 0 fully saturated rings. The molecule has 0 atom stereocenters. The molecule has 0 unspecified atom stereocenters. The van der Waals surface area contributed by atoms with Gasteiger partial charge in [-0.3, -0.25) is 4.79 Å². The summed E-state index contributed by atoms with van der Waals surface area (Å²) >= 11 is 1.46. The molecule has 1 amide bonds. The molecule has 4 rings (SSSR count). The van der Waals surface area contributed by atoms with Crippen LogP contribution in [0.5, 0.6) is 0 Å². The third-order valence-electron chi connectivity index (χ3n) is 3.98. The first-order chi connectivity index (χ1) is 12.2. The van der Waals surface area contributed by atoms with E-state index in [9.17, 15) is 4.79 Å². The normalized spacial score (nSPS) is 11.1. The van der Waals surface area contributed by atoms with E-state index < -0.39 is 0 Å². The third kappa shape index (κ3) is 3.21. The minimum absolute atomic E-state index is 0.0846. The van der Waals surface area contributed by atoms with Gasteiger partial charge in [-0.15, -0.1) is 11.3 Å². The number of hydrogen-bond donors (Lipinski definition) is 1. The first kappa shape index (κ1) is 15.7. The molecule has 3 aromatic heterocycles. The Balaban J connectivity index is 1.47. The highest BCUT2D eigenvalue weighted by molar-refractivity contribution is 7.10. The monoisotopic (exact) mass is 352 g/mol. The number of aromatic nitrogens is 1. The summed E-state index contributed by atoms with van der Waals surface area (Å²) in [5.74, 6) is 1.41. The van der Waals surface area contributed by atoms with Crippen LogP contribution in [-0.2, 0) is 17.8 Å². The van der Waals surface area contributed by atoms with Gasteiger partial charge < -0.3 is 14.2 Å². The van der Waals surface area contributed by atoms with Crippen molar-refractivity contribution in [2.45, 2.75) is 19.9 Å². The topological polar surface area (TPSA) is 68.3 Å². The minimum atomic E-state index is -0.0846. The third-order valence-corrected chi connectivity index (χ3v) is 4.83. The smallest absolute Gasteiger partial charge is 0.227 e. The van der Waals surface area contributed by atoms with Crippen LogP contribution in [0.2, 0.25) is 0 Å². The predicted octanol–water partition coefficient (Wildman–Crippen LogP) is 4.32. The number of amides is 1. The SMILES string of the molecule is Cc1c(-c2csc(CC(=O)NCc3ccco3)n2)oc2ccccc12. The molecule has 0 aliphatic heterocycles. The molecular weight excluding hydrogens is 336 g/mol. The maximum atomic E-state index is 12.1. The number of furan rings is 2. The van der Waals surface area contributed by atoms with E-state index in [1.807, 2.05) is 42.6 Å². The maximum Gasteiger partial charge on any atom is 0.227 e. The maximum absolute atomic E-state index is 12.1. The molecule has 0 aliphatic carbocycles. The Labute approximate surface area is 148 Å². The van der Waals surface area contributed by atoms with Crippen molar-refractivity contribution in [2.24, 2.45) is 0 Å². The molecule has 1 N–H and O–H groups in total. The van der Waals surface area contributed by atoms with Crippen molar-refractivity contribution < 1.29 is 13.6 Å².